The molecule has 0 spiro atoms. The summed E-state index contributed by atoms with van der Waals surface area (Å²) in [6, 6.07) is 44.6. The molecule has 0 aliphatic heterocycles. The van der Waals surface area contributed by atoms with Crippen LogP contribution in [0.1, 0.15) is 33.4 Å². The second-order valence-electron chi connectivity index (χ2n) is 12.6. The van der Waals surface area contributed by atoms with E-state index in [1.807, 2.05) is 72.8 Å². The molecule has 0 N–H and O–H groups in total. The van der Waals surface area contributed by atoms with Gasteiger partial charge in [-0.2, -0.15) is 66.1 Å². The fraction of sp³-hybridized carbons (Fsp3) is 0.143. The fourth-order valence-electron chi connectivity index (χ4n) is 5.83. The molecule has 3 heterocycles. The molecule has 0 radical (unpaired) electrons. The van der Waals surface area contributed by atoms with Crippen molar-refractivity contribution in [3.63, 3.8) is 0 Å². The molecule has 0 aliphatic rings. The van der Waals surface area contributed by atoms with E-state index in [0.717, 1.165) is 50.2 Å². The molecule has 0 saturated heterocycles. The van der Waals surface area contributed by atoms with Crippen LogP contribution in [0.3, 0.4) is 0 Å². The van der Waals surface area contributed by atoms with Crippen molar-refractivity contribution in [2.45, 2.75) is 41.5 Å². The minimum atomic E-state index is 0. The maximum absolute atomic E-state index is 4.46. The summed E-state index contributed by atoms with van der Waals surface area (Å²) in [5.41, 5.74) is 15.6. The number of rotatable bonds is 3. The summed E-state index contributed by atoms with van der Waals surface area (Å²) in [4.78, 5) is 5.06. The smallest absolute Gasteiger partial charge is 0.215 e. The van der Waals surface area contributed by atoms with E-state index in [4.69, 9.17) is 0 Å². The minimum Gasteiger partial charge on any atom is -0.215 e. The van der Waals surface area contributed by atoms with Crippen molar-refractivity contribution in [1.82, 2.24) is 45.0 Å². The molecule has 6 aromatic carbocycles. The van der Waals surface area contributed by atoms with Gasteiger partial charge in [0, 0.05) is 33.1 Å². The monoisotopic (exact) mass is 859 g/mol. The zero-order valence-electron chi connectivity index (χ0n) is 29.8. The summed E-state index contributed by atoms with van der Waals surface area (Å²) in [6.45, 7) is 12.5. The molecule has 0 saturated carbocycles. The Bertz CT molecular complexity index is 2250. The third-order valence-electron chi connectivity index (χ3n) is 8.38. The van der Waals surface area contributed by atoms with Crippen molar-refractivity contribution in [3.05, 3.63) is 161 Å². The number of aromatic nitrogens is 9. The first kappa shape index (κ1) is 36.0. The van der Waals surface area contributed by atoms with Gasteiger partial charge in [0.05, 0.1) is 17.1 Å². The van der Waals surface area contributed by atoms with Gasteiger partial charge in [0.2, 0.25) is 0 Å². The zero-order valence-corrected chi connectivity index (χ0v) is 32.1. The van der Waals surface area contributed by atoms with Crippen molar-refractivity contribution >= 4 is 33.1 Å². The minimum absolute atomic E-state index is 0. The molecular formula is C42H36IrN9. The largest absolute Gasteiger partial charge is 3.00 e. The fourth-order valence-corrected chi connectivity index (χ4v) is 5.83. The normalized spacial score (nSPS) is 10.7. The van der Waals surface area contributed by atoms with E-state index in [1.54, 1.807) is 14.4 Å². The quantitative estimate of drug-likeness (QED) is 0.166. The van der Waals surface area contributed by atoms with E-state index in [1.165, 1.54) is 33.4 Å². The van der Waals surface area contributed by atoms with E-state index >= 15 is 0 Å². The van der Waals surface area contributed by atoms with Gasteiger partial charge in [-0.1, -0.05) is 53.1 Å². The maximum Gasteiger partial charge on any atom is 3.00 e. The van der Waals surface area contributed by atoms with Gasteiger partial charge in [-0.15, -0.1) is 36.4 Å². The number of hydrogen-bond donors (Lipinski definition) is 0. The van der Waals surface area contributed by atoms with Crippen LogP contribution in [0, 0.1) is 59.7 Å². The van der Waals surface area contributed by atoms with Crippen LogP contribution in [-0.2, 0) is 20.1 Å². The van der Waals surface area contributed by atoms with Crippen LogP contribution < -0.4 is 0 Å². The molecule has 3 aromatic heterocycles. The molecule has 9 nitrogen and oxygen atoms in total. The van der Waals surface area contributed by atoms with Gasteiger partial charge in [-0.25, -0.2) is 15.3 Å². The molecule has 9 rings (SSSR count). The number of benzene rings is 6. The Labute approximate surface area is 316 Å². The first-order chi connectivity index (χ1) is 24.7. The summed E-state index contributed by atoms with van der Waals surface area (Å²) < 4.78 is 0. The molecule has 0 unspecified atom stereocenters. The standard InChI is InChI=1S/3C14H12N3.Ir/c3*1-10-7-8-14(11(2)9-10)17-15-12-5-3-4-6-13(12)16-17;/h3*3,5-9H,1-2H3;/q3*-1;+3. The molecule has 52 heavy (non-hydrogen) atoms. The summed E-state index contributed by atoms with van der Waals surface area (Å²) in [5, 5.41) is 26.7. The van der Waals surface area contributed by atoms with Crippen LogP contribution in [0.5, 0.6) is 0 Å². The van der Waals surface area contributed by atoms with E-state index < -0.39 is 0 Å². The molecule has 10 heteroatoms. The Hall–Kier alpha value is -5.83. The predicted molar refractivity (Wildman–Crippen MR) is 202 cm³/mol. The second-order valence-corrected chi connectivity index (χ2v) is 12.6. The summed E-state index contributed by atoms with van der Waals surface area (Å²) in [5.74, 6) is 0. The van der Waals surface area contributed by atoms with Crippen molar-refractivity contribution in [2.24, 2.45) is 0 Å². The third-order valence-corrected chi connectivity index (χ3v) is 8.38. The number of fused-ring (bicyclic) bond motifs is 3. The molecule has 0 amide bonds. The summed E-state index contributed by atoms with van der Waals surface area (Å²) in [7, 11) is 0. The van der Waals surface area contributed by atoms with Crippen molar-refractivity contribution < 1.29 is 20.1 Å². The third kappa shape index (κ3) is 7.89. The Morgan fingerprint density at radius 3 is 0.885 bits per heavy atom. The molecule has 0 aliphatic carbocycles. The van der Waals surface area contributed by atoms with E-state index in [2.05, 4.69) is 127 Å². The Kier molecular flexibility index (Phi) is 10.8. The average Bonchev–Trinajstić information content (AvgIpc) is 3.85. The zero-order chi connectivity index (χ0) is 35.5. The second kappa shape index (κ2) is 15.6. The maximum atomic E-state index is 4.46. The summed E-state index contributed by atoms with van der Waals surface area (Å²) >= 11 is 0. The van der Waals surface area contributed by atoms with E-state index in [0.29, 0.717) is 0 Å². The van der Waals surface area contributed by atoms with Crippen LogP contribution in [-0.4, -0.2) is 45.0 Å². The Morgan fingerprint density at radius 2 is 0.635 bits per heavy atom. The van der Waals surface area contributed by atoms with Crippen LogP contribution in [0.15, 0.2) is 109 Å². The van der Waals surface area contributed by atoms with Gasteiger partial charge in [0.1, 0.15) is 0 Å². The van der Waals surface area contributed by atoms with Crippen LogP contribution >= 0.6 is 0 Å². The van der Waals surface area contributed by atoms with Crippen molar-refractivity contribution in [2.75, 3.05) is 0 Å². The molecule has 258 valence electrons. The number of hydrogen-bond acceptors (Lipinski definition) is 6. The van der Waals surface area contributed by atoms with Crippen LogP contribution in [0.4, 0.5) is 0 Å². The van der Waals surface area contributed by atoms with Gasteiger partial charge in [-0.05, 0) is 76.4 Å². The van der Waals surface area contributed by atoms with E-state index in [-0.39, 0.29) is 20.1 Å². The number of nitrogens with zero attached hydrogens (tertiary/aromatic N) is 9. The molecular weight excluding hydrogens is 823 g/mol. The Morgan fingerprint density at radius 1 is 0.365 bits per heavy atom. The van der Waals surface area contributed by atoms with Gasteiger partial charge >= 0.3 is 20.1 Å². The average molecular weight is 859 g/mol. The number of aryl methyl sites for hydroxylation is 6. The van der Waals surface area contributed by atoms with E-state index in [9.17, 15) is 0 Å². The Balaban J connectivity index is 0.000000133. The van der Waals surface area contributed by atoms with Gasteiger partial charge in [0.25, 0.3) is 0 Å². The SMILES string of the molecule is Cc1ccc(-n2nc3c[c-]ccc3n2)c(C)c1.Cc1ccc(-n2nc3c[c-]ccc3n2)c(C)c1.Cc1ccc(-n2nc3c[c-]ccc3n2)c(C)c1.[Ir+3]. The molecule has 0 fully saturated rings. The summed E-state index contributed by atoms with van der Waals surface area (Å²) in [6.07, 6.45) is 0. The topological polar surface area (TPSA) is 92.1 Å². The molecule has 0 bridgehead atoms. The first-order valence-corrected chi connectivity index (χ1v) is 16.6. The predicted octanol–water partition coefficient (Wildman–Crippen LogP) is 8.51. The van der Waals surface area contributed by atoms with Gasteiger partial charge in [0.15, 0.2) is 0 Å². The van der Waals surface area contributed by atoms with Gasteiger partial charge in [-0.3, -0.25) is 0 Å². The molecule has 9 aromatic rings. The van der Waals surface area contributed by atoms with Crippen molar-refractivity contribution in [1.29, 1.82) is 0 Å². The van der Waals surface area contributed by atoms with Crippen LogP contribution in [0.2, 0.25) is 0 Å². The van der Waals surface area contributed by atoms with Gasteiger partial charge < -0.3 is 0 Å². The van der Waals surface area contributed by atoms with Crippen molar-refractivity contribution in [3.8, 4) is 17.1 Å². The molecule has 0 atom stereocenters. The first-order valence-electron chi connectivity index (χ1n) is 16.6. The van der Waals surface area contributed by atoms with Crippen LogP contribution in [0.25, 0.3) is 50.2 Å².